The van der Waals surface area contributed by atoms with Crippen molar-refractivity contribution < 1.29 is 4.92 Å². The van der Waals surface area contributed by atoms with Gasteiger partial charge in [-0.1, -0.05) is 12.1 Å². The number of pyridine rings is 1. The number of fused-ring (bicyclic) bond motifs is 1. The summed E-state index contributed by atoms with van der Waals surface area (Å²) in [7, 11) is 0. The number of benzene rings is 2. The van der Waals surface area contributed by atoms with Crippen molar-refractivity contribution in [2.45, 2.75) is 6.92 Å². The van der Waals surface area contributed by atoms with Crippen molar-refractivity contribution in [1.29, 1.82) is 5.26 Å². The van der Waals surface area contributed by atoms with Crippen LogP contribution in [0.1, 0.15) is 16.7 Å². The Bertz CT molecular complexity index is 1100. The fourth-order valence-corrected chi connectivity index (χ4v) is 2.54. The predicted octanol–water partition coefficient (Wildman–Crippen LogP) is 3.81. The minimum absolute atomic E-state index is 0.0556. The Labute approximate surface area is 142 Å². The molecule has 25 heavy (non-hydrogen) atoms. The first-order valence-corrected chi connectivity index (χ1v) is 7.48. The van der Waals surface area contributed by atoms with Crippen molar-refractivity contribution in [2.24, 2.45) is 0 Å². The van der Waals surface area contributed by atoms with E-state index in [1.54, 1.807) is 6.07 Å². The maximum atomic E-state index is 12.3. The molecular weight excluding hydrogens is 318 g/mol. The summed E-state index contributed by atoms with van der Waals surface area (Å²) in [6.07, 6.45) is 1.49. The summed E-state index contributed by atoms with van der Waals surface area (Å²) in [5.41, 5.74) is 2.54. The lowest BCUT2D eigenvalue weighted by Gasteiger charge is -2.03. The summed E-state index contributed by atoms with van der Waals surface area (Å²) in [4.78, 5) is 25.3. The highest BCUT2D eigenvalue weighted by Gasteiger charge is 2.08. The molecule has 0 radical (unpaired) electrons. The van der Waals surface area contributed by atoms with Crippen molar-refractivity contribution in [3.8, 4) is 6.07 Å². The predicted molar refractivity (Wildman–Crippen MR) is 95.9 cm³/mol. The minimum atomic E-state index is -0.504. The van der Waals surface area contributed by atoms with Gasteiger partial charge in [-0.15, -0.1) is 0 Å². The molecule has 0 fully saturated rings. The molecule has 0 saturated heterocycles. The van der Waals surface area contributed by atoms with Crippen molar-refractivity contribution in [3.05, 3.63) is 85.7 Å². The van der Waals surface area contributed by atoms with Crippen LogP contribution < -0.4 is 5.56 Å². The number of rotatable bonds is 3. The van der Waals surface area contributed by atoms with E-state index in [4.69, 9.17) is 0 Å². The first kappa shape index (κ1) is 16.1. The molecule has 0 spiro atoms. The minimum Gasteiger partial charge on any atom is -0.321 e. The number of nitrogens with zero attached hydrogens (tertiary/aromatic N) is 2. The number of H-pyrrole nitrogens is 1. The van der Waals surface area contributed by atoms with Gasteiger partial charge in [0.05, 0.1) is 16.6 Å². The number of non-ortho nitro benzene ring substituents is 1. The zero-order chi connectivity index (χ0) is 18.0. The van der Waals surface area contributed by atoms with Crippen LogP contribution in [0, 0.1) is 28.4 Å². The van der Waals surface area contributed by atoms with Crippen LogP contribution in [0.2, 0.25) is 0 Å². The van der Waals surface area contributed by atoms with Gasteiger partial charge in [0.2, 0.25) is 0 Å². The Morgan fingerprint density at radius 3 is 2.56 bits per heavy atom. The first-order valence-electron chi connectivity index (χ1n) is 7.48. The number of nitriles is 1. The number of aryl methyl sites for hydroxylation is 1. The van der Waals surface area contributed by atoms with Gasteiger partial charge in [-0.2, -0.15) is 5.26 Å². The molecule has 122 valence electrons. The Hall–Kier alpha value is -3.72. The van der Waals surface area contributed by atoms with E-state index in [-0.39, 0.29) is 16.8 Å². The van der Waals surface area contributed by atoms with E-state index in [2.05, 4.69) is 4.98 Å². The highest BCUT2D eigenvalue weighted by atomic mass is 16.6. The van der Waals surface area contributed by atoms with E-state index in [0.717, 1.165) is 16.5 Å². The molecule has 3 rings (SSSR count). The number of nitro benzene ring substituents is 1. The Morgan fingerprint density at radius 2 is 1.92 bits per heavy atom. The molecule has 0 aliphatic rings. The summed E-state index contributed by atoms with van der Waals surface area (Å²) in [5.74, 6) is 0. The van der Waals surface area contributed by atoms with Crippen molar-refractivity contribution in [2.75, 3.05) is 0 Å². The van der Waals surface area contributed by atoms with E-state index in [9.17, 15) is 20.2 Å². The quantitative estimate of drug-likeness (QED) is 0.448. The van der Waals surface area contributed by atoms with Crippen LogP contribution >= 0.6 is 0 Å². The second kappa shape index (κ2) is 6.42. The SMILES string of the molecule is Cc1ccc2cc(/C=C(/C#N)c3ccc([N+](=O)[O-])cc3)c(=O)[nH]c2c1. The summed E-state index contributed by atoms with van der Waals surface area (Å²) < 4.78 is 0. The molecule has 0 amide bonds. The lowest BCUT2D eigenvalue weighted by Crippen LogP contribution is -2.09. The van der Waals surface area contributed by atoms with Crippen LogP contribution in [0.4, 0.5) is 5.69 Å². The van der Waals surface area contributed by atoms with Gasteiger partial charge in [0.15, 0.2) is 0 Å². The van der Waals surface area contributed by atoms with Crippen molar-refractivity contribution in [3.63, 3.8) is 0 Å². The molecule has 1 aromatic heterocycles. The van der Waals surface area contributed by atoms with Crippen LogP contribution in [-0.2, 0) is 0 Å². The number of aromatic amines is 1. The summed E-state index contributed by atoms with van der Waals surface area (Å²) in [5, 5.41) is 21.0. The summed E-state index contributed by atoms with van der Waals surface area (Å²) >= 11 is 0. The Balaban J connectivity index is 2.08. The largest absolute Gasteiger partial charge is 0.321 e. The maximum absolute atomic E-state index is 12.3. The molecule has 1 N–H and O–H groups in total. The van der Waals surface area contributed by atoms with Crippen LogP contribution in [0.25, 0.3) is 22.6 Å². The molecule has 0 aliphatic heterocycles. The highest BCUT2D eigenvalue weighted by molar-refractivity contribution is 5.91. The van der Waals surface area contributed by atoms with E-state index in [1.807, 2.05) is 31.2 Å². The van der Waals surface area contributed by atoms with Crippen LogP contribution in [0.15, 0.2) is 53.3 Å². The number of nitro groups is 1. The second-order valence-corrected chi connectivity index (χ2v) is 5.62. The third-order valence-corrected chi connectivity index (χ3v) is 3.84. The maximum Gasteiger partial charge on any atom is 0.269 e. The Kier molecular flexibility index (Phi) is 4.14. The molecule has 6 heteroatoms. The third kappa shape index (κ3) is 3.31. The van der Waals surface area contributed by atoms with Crippen molar-refractivity contribution in [1.82, 2.24) is 4.98 Å². The monoisotopic (exact) mass is 331 g/mol. The normalized spacial score (nSPS) is 11.3. The molecule has 2 aromatic carbocycles. The lowest BCUT2D eigenvalue weighted by atomic mass is 10.0. The van der Waals surface area contributed by atoms with E-state index < -0.39 is 4.92 Å². The zero-order valence-corrected chi connectivity index (χ0v) is 13.3. The van der Waals surface area contributed by atoms with E-state index >= 15 is 0 Å². The van der Waals surface area contributed by atoms with Crippen molar-refractivity contribution >= 4 is 28.2 Å². The molecule has 1 heterocycles. The molecule has 0 aliphatic carbocycles. The molecule has 0 unspecified atom stereocenters. The number of aromatic nitrogens is 1. The summed E-state index contributed by atoms with van der Waals surface area (Å²) in [6.45, 7) is 1.94. The van der Waals surface area contributed by atoms with Gasteiger partial charge in [0.1, 0.15) is 0 Å². The average Bonchev–Trinajstić information content (AvgIpc) is 2.60. The number of allylic oxidation sites excluding steroid dienone is 1. The fraction of sp³-hybridized carbons (Fsp3) is 0.0526. The smallest absolute Gasteiger partial charge is 0.269 e. The van der Waals surface area contributed by atoms with Gasteiger partial charge < -0.3 is 4.98 Å². The fourth-order valence-electron chi connectivity index (χ4n) is 2.54. The van der Waals surface area contributed by atoms with E-state index in [0.29, 0.717) is 11.1 Å². The molecule has 6 nitrogen and oxygen atoms in total. The van der Waals surface area contributed by atoms with Gasteiger partial charge >= 0.3 is 0 Å². The highest BCUT2D eigenvalue weighted by Crippen LogP contribution is 2.21. The number of nitrogens with one attached hydrogen (secondary N) is 1. The van der Waals surface area contributed by atoms with Crippen LogP contribution in [0.5, 0.6) is 0 Å². The third-order valence-electron chi connectivity index (χ3n) is 3.84. The number of hydrogen-bond donors (Lipinski definition) is 1. The van der Waals surface area contributed by atoms with Crippen LogP contribution in [0.3, 0.4) is 0 Å². The van der Waals surface area contributed by atoms with E-state index in [1.165, 1.54) is 30.3 Å². The molecule has 0 bridgehead atoms. The van der Waals surface area contributed by atoms with Gasteiger partial charge in [0, 0.05) is 23.2 Å². The Morgan fingerprint density at radius 1 is 1.20 bits per heavy atom. The topological polar surface area (TPSA) is 99.8 Å². The standard InChI is InChI=1S/C19H13N3O3/c1-12-2-3-14-9-15(19(23)21-18(14)8-12)10-16(11-20)13-4-6-17(7-5-13)22(24)25/h2-10H,1H3,(H,21,23)/b16-10-. The van der Waals surface area contributed by atoms with Gasteiger partial charge in [-0.05, 0) is 53.8 Å². The molecule has 3 aromatic rings. The molecule has 0 saturated carbocycles. The second-order valence-electron chi connectivity index (χ2n) is 5.62. The van der Waals surface area contributed by atoms with Gasteiger partial charge in [0.25, 0.3) is 11.2 Å². The molecular formula is C19H13N3O3. The lowest BCUT2D eigenvalue weighted by molar-refractivity contribution is -0.384. The number of hydrogen-bond acceptors (Lipinski definition) is 4. The van der Waals surface area contributed by atoms with Gasteiger partial charge in [-0.25, -0.2) is 0 Å². The average molecular weight is 331 g/mol. The van der Waals surface area contributed by atoms with Crippen LogP contribution in [-0.4, -0.2) is 9.91 Å². The zero-order valence-electron chi connectivity index (χ0n) is 13.3. The molecule has 0 atom stereocenters. The first-order chi connectivity index (χ1) is 12.0. The summed E-state index contributed by atoms with van der Waals surface area (Å²) in [6, 6.07) is 15.1. The van der Waals surface area contributed by atoms with Gasteiger partial charge in [-0.3, -0.25) is 14.9 Å².